The Labute approximate surface area is 76.0 Å². The predicted octanol–water partition coefficient (Wildman–Crippen LogP) is -1.89. The van der Waals surface area contributed by atoms with Crippen LogP contribution in [-0.2, 0) is 0 Å². The molecule has 0 spiro atoms. The molecule has 0 saturated carbocycles. The Kier molecular flexibility index (Phi) is 3.47. The molecule has 0 atom stereocenters. The van der Waals surface area contributed by atoms with Crippen LogP contribution in [0.1, 0.15) is 5.69 Å². The fourth-order valence-electron chi connectivity index (χ4n) is 0.762. The van der Waals surface area contributed by atoms with Gasteiger partial charge >= 0.3 is 7.12 Å². The number of pyridine rings is 1. The van der Waals surface area contributed by atoms with E-state index in [1.54, 1.807) is 6.07 Å². The summed E-state index contributed by atoms with van der Waals surface area (Å²) in [6, 6.07) is 3.07. The molecule has 0 aliphatic carbocycles. The third-order valence-electron chi connectivity index (χ3n) is 1.38. The number of hydrogen-bond acceptors (Lipinski definition) is 4. The zero-order valence-electron chi connectivity index (χ0n) is 6.81. The minimum atomic E-state index is -1.51. The molecule has 0 amide bonds. The SMILES string of the molecule is OCC#Cc1ccc(B(O)O)cn1. The van der Waals surface area contributed by atoms with Crippen molar-refractivity contribution < 1.29 is 15.2 Å². The van der Waals surface area contributed by atoms with Gasteiger partial charge in [0.2, 0.25) is 0 Å². The number of aliphatic hydroxyl groups excluding tert-OH is 1. The Morgan fingerprint density at radius 2 is 2.15 bits per heavy atom. The molecule has 0 fully saturated rings. The molecule has 3 N–H and O–H groups in total. The molecule has 1 aromatic rings. The lowest BCUT2D eigenvalue weighted by molar-refractivity contribution is 0.350. The van der Waals surface area contributed by atoms with Crippen molar-refractivity contribution >= 4 is 12.6 Å². The van der Waals surface area contributed by atoms with Gasteiger partial charge in [-0.1, -0.05) is 12.0 Å². The Morgan fingerprint density at radius 3 is 2.62 bits per heavy atom. The summed E-state index contributed by atoms with van der Waals surface area (Å²) >= 11 is 0. The van der Waals surface area contributed by atoms with Crippen LogP contribution in [0.25, 0.3) is 0 Å². The number of hydrogen-bond donors (Lipinski definition) is 3. The molecule has 66 valence electrons. The van der Waals surface area contributed by atoms with Crippen molar-refractivity contribution in [1.29, 1.82) is 0 Å². The topological polar surface area (TPSA) is 73.6 Å². The van der Waals surface area contributed by atoms with E-state index in [0.29, 0.717) is 11.2 Å². The molecule has 13 heavy (non-hydrogen) atoms. The van der Waals surface area contributed by atoms with Gasteiger partial charge in [-0.15, -0.1) is 0 Å². The zero-order chi connectivity index (χ0) is 9.68. The first-order valence-electron chi connectivity index (χ1n) is 3.66. The number of aromatic nitrogens is 1. The lowest BCUT2D eigenvalue weighted by Gasteiger charge is -1.96. The molecule has 1 heterocycles. The first kappa shape index (κ1) is 9.74. The van der Waals surface area contributed by atoms with Crippen molar-refractivity contribution in [3.8, 4) is 11.8 Å². The van der Waals surface area contributed by atoms with Crippen LogP contribution in [0.5, 0.6) is 0 Å². The van der Waals surface area contributed by atoms with E-state index in [1.165, 1.54) is 12.3 Å². The molecule has 4 nitrogen and oxygen atoms in total. The van der Waals surface area contributed by atoms with Crippen molar-refractivity contribution in [2.24, 2.45) is 0 Å². The largest absolute Gasteiger partial charge is 0.490 e. The van der Waals surface area contributed by atoms with Crippen LogP contribution in [0, 0.1) is 11.8 Å². The first-order chi connectivity index (χ1) is 6.24. The summed E-state index contributed by atoms with van der Waals surface area (Å²) in [6.45, 7) is -0.216. The highest BCUT2D eigenvalue weighted by Gasteiger charge is 2.09. The third kappa shape index (κ3) is 2.88. The van der Waals surface area contributed by atoms with Crippen LogP contribution in [0.4, 0.5) is 0 Å². The van der Waals surface area contributed by atoms with Crippen LogP contribution < -0.4 is 5.46 Å². The second-order valence-corrected chi connectivity index (χ2v) is 2.31. The van der Waals surface area contributed by atoms with Gasteiger partial charge in [0.15, 0.2) is 0 Å². The number of nitrogens with zero attached hydrogens (tertiary/aromatic N) is 1. The molecular formula is C8H8BNO3. The monoisotopic (exact) mass is 177 g/mol. The van der Waals surface area contributed by atoms with Crippen LogP contribution in [0.3, 0.4) is 0 Å². The van der Waals surface area contributed by atoms with Gasteiger partial charge in [0.1, 0.15) is 12.3 Å². The molecular weight excluding hydrogens is 169 g/mol. The smallest absolute Gasteiger partial charge is 0.423 e. The standard InChI is InChI=1S/C8H8BNO3/c11-5-1-2-8-4-3-7(6-10-8)9(12)13/h3-4,6,11-13H,5H2. The van der Waals surface area contributed by atoms with Crippen molar-refractivity contribution in [2.45, 2.75) is 0 Å². The predicted molar refractivity (Wildman–Crippen MR) is 48.0 cm³/mol. The van der Waals surface area contributed by atoms with E-state index in [-0.39, 0.29) is 6.61 Å². The summed E-state index contributed by atoms with van der Waals surface area (Å²) in [7, 11) is -1.51. The Balaban J connectivity index is 2.81. The van der Waals surface area contributed by atoms with Crippen LogP contribution >= 0.6 is 0 Å². The van der Waals surface area contributed by atoms with E-state index in [9.17, 15) is 0 Å². The van der Waals surface area contributed by atoms with Crippen LogP contribution in [0.15, 0.2) is 18.3 Å². The molecule has 5 heteroatoms. The maximum absolute atomic E-state index is 8.73. The first-order valence-corrected chi connectivity index (χ1v) is 3.66. The third-order valence-corrected chi connectivity index (χ3v) is 1.38. The average molecular weight is 177 g/mol. The zero-order valence-corrected chi connectivity index (χ0v) is 6.81. The van der Waals surface area contributed by atoms with Crippen molar-refractivity contribution in [1.82, 2.24) is 4.98 Å². The van der Waals surface area contributed by atoms with E-state index >= 15 is 0 Å². The van der Waals surface area contributed by atoms with E-state index < -0.39 is 7.12 Å². The lowest BCUT2D eigenvalue weighted by Crippen LogP contribution is -2.29. The Morgan fingerprint density at radius 1 is 1.38 bits per heavy atom. The molecule has 0 aliphatic heterocycles. The fraction of sp³-hybridized carbons (Fsp3) is 0.125. The van der Waals surface area contributed by atoms with Gasteiger partial charge in [-0.25, -0.2) is 4.98 Å². The van der Waals surface area contributed by atoms with Gasteiger partial charge in [0.05, 0.1) is 0 Å². The maximum Gasteiger partial charge on any atom is 0.490 e. The molecule has 0 unspecified atom stereocenters. The van der Waals surface area contributed by atoms with Crippen LogP contribution in [-0.4, -0.2) is 33.9 Å². The molecule has 0 aliphatic rings. The Hall–Kier alpha value is -1.35. The highest BCUT2D eigenvalue weighted by atomic mass is 16.4. The lowest BCUT2D eigenvalue weighted by atomic mass is 9.82. The number of aliphatic hydroxyl groups is 1. The highest BCUT2D eigenvalue weighted by Crippen LogP contribution is 1.88. The minimum Gasteiger partial charge on any atom is -0.423 e. The van der Waals surface area contributed by atoms with Crippen molar-refractivity contribution in [3.05, 3.63) is 24.0 Å². The molecule has 0 aromatic carbocycles. The van der Waals surface area contributed by atoms with Crippen molar-refractivity contribution in [3.63, 3.8) is 0 Å². The van der Waals surface area contributed by atoms with Gasteiger partial charge in [-0.05, 0) is 12.0 Å². The summed E-state index contributed by atoms with van der Waals surface area (Å²) < 4.78 is 0. The average Bonchev–Trinajstić information content (AvgIpc) is 2.15. The summed E-state index contributed by atoms with van der Waals surface area (Å²) in [5, 5.41) is 25.8. The summed E-state index contributed by atoms with van der Waals surface area (Å²) in [5.74, 6) is 5.02. The molecule has 1 aromatic heterocycles. The second kappa shape index (κ2) is 4.62. The minimum absolute atomic E-state index is 0.216. The van der Waals surface area contributed by atoms with E-state index in [0.717, 1.165) is 0 Å². The van der Waals surface area contributed by atoms with Gasteiger partial charge in [0, 0.05) is 11.7 Å². The number of rotatable bonds is 1. The summed E-state index contributed by atoms with van der Waals surface area (Å²) in [6.07, 6.45) is 1.33. The van der Waals surface area contributed by atoms with Crippen LogP contribution in [0.2, 0.25) is 0 Å². The maximum atomic E-state index is 8.73. The van der Waals surface area contributed by atoms with Gasteiger partial charge in [-0.2, -0.15) is 0 Å². The molecule has 0 radical (unpaired) electrons. The molecule has 0 bridgehead atoms. The fourth-order valence-corrected chi connectivity index (χ4v) is 0.762. The highest BCUT2D eigenvalue weighted by molar-refractivity contribution is 6.58. The van der Waals surface area contributed by atoms with Crippen molar-refractivity contribution in [2.75, 3.05) is 6.61 Å². The second-order valence-electron chi connectivity index (χ2n) is 2.31. The quantitative estimate of drug-likeness (QED) is 0.346. The normalized spacial score (nSPS) is 8.85. The van der Waals surface area contributed by atoms with Gasteiger partial charge in [0.25, 0.3) is 0 Å². The van der Waals surface area contributed by atoms with Gasteiger partial charge in [-0.3, -0.25) is 0 Å². The van der Waals surface area contributed by atoms with Gasteiger partial charge < -0.3 is 15.2 Å². The molecule has 1 rings (SSSR count). The molecule has 0 saturated heterocycles. The Bertz CT molecular complexity index is 325. The summed E-state index contributed by atoms with van der Waals surface area (Å²) in [4.78, 5) is 3.83. The van der Waals surface area contributed by atoms with E-state index in [2.05, 4.69) is 16.8 Å². The van der Waals surface area contributed by atoms with E-state index in [4.69, 9.17) is 15.2 Å². The van der Waals surface area contributed by atoms with E-state index in [1.807, 2.05) is 0 Å². The summed E-state index contributed by atoms with van der Waals surface area (Å²) in [5.41, 5.74) is 0.799.